The molecule has 8 nitrogen and oxygen atoms in total. The minimum atomic E-state index is -1.17. The van der Waals surface area contributed by atoms with Crippen molar-refractivity contribution in [2.75, 3.05) is 32.2 Å². The zero-order valence-corrected chi connectivity index (χ0v) is 20.5. The molecule has 0 amide bonds. The highest BCUT2D eigenvalue weighted by Gasteiger charge is 2.40. The number of nitrogens with two attached hydrogens (primary N) is 1. The molecular formula is C23H36N2O6S. The second-order valence-electron chi connectivity index (χ2n) is 7.98. The number of rotatable bonds is 14. The average molecular weight is 469 g/mol. The molecule has 0 radical (unpaired) electrons. The van der Waals surface area contributed by atoms with Gasteiger partial charge in [-0.05, 0) is 39.7 Å². The minimum Gasteiger partial charge on any atom is -0.464 e. The van der Waals surface area contributed by atoms with Gasteiger partial charge in [0.25, 0.3) is 0 Å². The van der Waals surface area contributed by atoms with Crippen LogP contribution in [-0.2, 0) is 35.1 Å². The maximum Gasteiger partial charge on any atom is 0.338 e. The molecule has 0 saturated heterocycles. The molecule has 0 saturated carbocycles. The number of carbonyl (C=O) groups is 2. The van der Waals surface area contributed by atoms with Crippen molar-refractivity contribution in [2.24, 2.45) is 11.1 Å². The number of hydrogen-bond acceptors (Lipinski definition) is 8. The van der Waals surface area contributed by atoms with E-state index in [1.807, 2.05) is 45.0 Å². The molecule has 0 aliphatic heterocycles. The van der Waals surface area contributed by atoms with Crippen LogP contribution < -0.4 is 5.73 Å². The molecular weight excluding hydrogens is 432 g/mol. The summed E-state index contributed by atoms with van der Waals surface area (Å²) in [7, 11) is 0. The lowest BCUT2D eigenvalue weighted by Crippen LogP contribution is -2.44. The van der Waals surface area contributed by atoms with Crippen molar-refractivity contribution in [3.8, 4) is 0 Å². The molecule has 1 rings (SSSR count). The maximum absolute atomic E-state index is 12.9. The summed E-state index contributed by atoms with van der Waals surface area (Å²) in [6, 6.07) is 7.88. The fraction of sp³-hybridized carbons (Fsp3) is 0.609. The van der Waals surface area contributed by atoms with Gasteiger partial charge in [-0.25, -0.2) is 4.79 Å². The van der Waals surface area contributed by atoms with Crippen LogP contribution in [0.4, 0.5) is 0 Å². The molecule has 0 aliphatic rings. The van der Waals surface area contributed by atoms with Gasteiger partial charge in [0.05, 0.1) is 13.2 Å². The molecule has 1 unspecified atom stereocenters. The van der Waals surface area contributed by atoms with Crippen molar-refractivity contribution in [3.63, 3.8) is 0 Å². The number of benzene rings is 1. The summed E-state index contributed by atoms with van der Waals surface area (Å²) in [5.41, 5.74) is 5.06. The summed E-state index contributed by atoms with van der Waals surface area (Å²) in [6.45, 7) is 9.58. The molecule has 0 fully saturated rings. The Hall–Kier alpha value is -2.10. The summed E-state index contributed by atoms with van der Waals surface area (Å²) >= 11 is 1.08. The van der Waals surface area contributed by atoms with E-state index in [1.54, 1.807) is 13.8 Å². The third kappa shape index (κ3) is 9.18. The Bertz CT molecular complexity index is 757. The van der Waals surface area contributed by atoms with Gasteiger partial charge in [-0.2, -0.15) is 0 Å². The quantitative estimate of drug-likeness (QED) is 0.184. The molecule has 0 aliphatic carbocycles. The predicted molar refractivity (Wildman–Crippen MR) is 126 cm³/mol. The van der Waals surface area contributed by atoms with E-state index in [0.29, 0.717) is 18.8 Å². The van der Waals surface area contributed by atoms with E-state index in [-0.39, 0.29) is 31.6 Å². The Kier molecular flexibility index (Phi) is 11.7. The first-order valence-corrected chi connectivity index (χ1v) is 11.6. The molecule has 0 bridgehead atoms. The van der Waals surface area contributed by atoms with Crippen LogP contribution in [-0.4, -0.2) is 54.9 Å². The topological polar surface area (TPSA) is 121 Å². The number of amidine groups is 1. The van der Waals surface area contributed by atoms with E-state index in [1.165, 1.54) is 0 Å². The number of aryl methyl sites for hydroxylation is 1. The van der Waals surface area contributed by atoms with Crippen molar-refractivity contribution < 1.29 is 28.5 Å². The van der Waals surface area contributed by atoms with Gasteiger partial charge in [-0.15, -0.1) is 0 Å². The molecule has 3 N–H and O–H groups in total. The Morgan fingerprint density at radius 1 is 1.06 bits per heavy atom. The summed E-state index contributed by atoms with van der Waals surface area (Å²) in [6.07, 6.45) is 0.409. The summed E-state index contributed by atoms with van der Waals surface area (Å²) in [5.74, 6) is -0.719. The highest BCUT2D eigenvalue weighted by molar-refractivity contribution is 8.13. The largest absolute Gasteiger partial charge is 0.464 e. The standard InChI is InChI=1S/C23H36N2O6S/c1-6-23(5,31-14-18-10-8-17(3)9-11-18)20(27)30-16-22(4,15-28-7-2)19(26)29-12-13-32-21(24)25/h8-11H,6-7,12-16H2,1-5H3,(H3,24,25)/t22?,23-/m1/s1. The van der Waals surface area contributed by atoms with Crippen molar-refractivity contribution in [3.05, 3.63) is 35.4 Å². The van der Waals surface area contributed by atoms with Crippen LogP contribution >= 0.6 is 11.8 Å². The number of carbonyl (C=O) groups excluding carboxylic acids is 2. The first kappa shape index (κ1) is 27.9. The third-order valence-corrected chi connectivity index (χ3v) is 5.68. The highest BCUT2D eigenvalue weighted by Crippen LogP contribution is 2.25. The molecule has 1 aromatic rings. The summed E-state index contributed by atoms with van der Waals surface area (Å²) < 4.78 is 22.2. The SMILES string of the molecule is CCOCC(C)(COC(=O)[C@@](C)(CC)OCc1ccc(C)cc1)C(=O)OCCSC(=N)N. The van der Waals surface area contributed by atoms with E-state index in [0.717, 1.165) is 22.9 Å². The number of thioether (sulfide) groups is 1. The van der Waals surface area contributed by atoms with E-state index in [9.17, 15) is 9.59 Å². The number of hydrogen-bond donors (Lipinski definition) is 2. The Labute approximate surface area is 195 Å². The van der Waals surface area contributed by atoms with E-state index >= 15 is 0 Å². The van der Waals surface area contributed by atoms with Gasteiger partial charge < -0.3 is 24.7 Å². The van der Waals surface area contributed by atoms with Crippen molar-refractivity contribution in [2.45, 2.75) is 53.2 Å². The third-order valence-electron chi connectivity index (χ3n) is 5.00. The summed E-state index contributed by atoms with van der Waals surface area (Å²) in [5, 5.41) is 7.15. The van der Waals surface area contributed by atoms with Crippen LogP contribution in [0.1, 0.15) is 45.2 Å². The zero-order valence-electron chi connectivity index (χ0n) is 19.7. The molecule has 2 atom stereocenters. The average Bonchev–Trinajstić information content (AvgIpc) is 2.77. The van der Waals surface area contributed by atoms with Crippen LogP contribution in [0.5, 0.6) is 0 Å². The monoisotopic (exact) mass is 468 g/mol. The molecule has 0 aromatic heterocycles. The van der Waals surface area contributed by atoms with Crippen LogP contribution in [0.3, 0.4) is 0 Å². The fourth-order valence-electron chi connectivity index (χ4n) is 2.56. The van der Waals surface area contributed by atoms with Gasteiger partial charge in [0.15, 0.2) is 10.8 Å². The molecule has 1 aromatic carbocycles. The van der Waals surface area contributed by atoms with Crippen molar-refractivity contribution in [1.82, 2.24) is 0 Å². The number of ether oxygens (including phenoxy) is 4. The normalized spacial score (nSPS) is 14.8. The molecule has 32 heavy (non-hydrogen) atoms. The summed E-state index contributed by atoms with van der Waals surface area (Å²) in [4.78, 5) is 25.5. The van der Waals surface area contributed by atoms with Gasteiger partial charge in [-0.1, -0.05) is 48.5 Å². The van der Waals surface area contributed by atoms with Gasteiger partial charge in [0.2, 0.25) is 0 Å². The molecule has 9 heteroatoms. The van der Waals surface area contributed by atoms with Gasteiger partial charge in [0.1, 0.15) is 18.6 Å². The van der Waals surface area contributed by atoms with Crippen molar-refractivity contribution >= 4 is 28.9 Å². The lowest BCUT2D eigenvalue weighted by molar-refractivity contribution is -0.182. The lowest BCUT2D eigenvalue weighted by atomic mass is 9.93. The Morgan fingerprint density at radius 2 is 1.72 bits per heavy atom. The maximum atomic E-state index is 12.9. The lowest BCUT2D eigenvalue weighted by Gasteiger charge is -2.30. The van der Waals surface area contributed by atoms with Gasteiger partial charge in [0, 0.05) is 12.4 Å². The molecule has 0 heterocycles. The van der Waals surface area contributed by atoms with E-state index in [4.69, 9.17) is 30.1 Å². The molecule has 180 valence electrons. The fourth-order valence-corrected chi connectivity index (χ4v) is 2.94. The first-order valence-electron chi connectivity index (χ1n) is 10.6. The van der Waals surface area contributed by atoms with E-state index in [2.05, 4.69) is 0 Å². The minimum absolute atomic E-state index is 0.0442. The Morgan fingerprint density at radius 3 is 2.28 bits per heavy atom. The van der Waals surface area contributed by atoms with Gasteiger partial charge in [-0.3, -0.25) is 10.2 Å². The number of esters is 2. The van der Waals surface area contributed by atoms with Crippen molar-refractivity contribution in [1.29, 1.82) is 5.41 Å². The van der Waals surface area contributed by atoms with Crippen LogP contribution in [0.2, 0.25) is 0 Å². The van der Waals surface area contributed by atoms with Crippen LogP contribution in [0.15, 0.2) is 24.3 Å². The predicted octanol–water partition coefficient (Wildman–Crippen LogP) is 3.44. The zero-order chi connectivity index (χ0) is 24.2. The van der Waals surface area contributed by atoms with E-state index < -0.39 is 23.0 Å². The number of nitrogens with one attached hydrogen (secondary N) is 1. The van der Waals surface area contributed by atoms with Gasteiger partial charge >= 0.3 is 11.9 Å². The Balaban J connectivity index is 2.73. The highest BCUT2D eigenvalue weighted by atomic mass is 32.2. The second-order valence-corrected chi connectivity index (χ2v) is 9.12. The smallest absolute Gasteiger partial charge is 0.338 e. The first-order chi connectivity index (χ1) is 15.1. The van der Waals surface area contributed by atoms with Crippen LogP contribution in [0, 0.1) is 17.7 Å². The van der Waals surface area contributed by atoms with Crippen LogP contribution in [0.25, 0.3) is 0 Å². The molecule has 0 spiro atoms. The second kappa shape index (κ2) is 13.4.